The quantitative estimate of drug-likeness (QED) is 0.0999. The maximum absolute atomic E-state index is 13.7. The third kappa shape index (κ3) is 11.6. The van der Waals surface area contributed by atoms with Gasteiger partial charge >= 0.3 is 12.1 Å². The van der Waals surface area contributed by atoms with Crippen LogP contribution in [0.25, 0.3) is 10.9 Å². The topological polar surface area (TPSA) is 185 Å². The maximum atomic E-state index is 13.7. The molecule has 2 amide bonds. The number of benzene rings is 3. The lowest BCUT2D eigenvalue weighted by Gasteiger charge is -2.23. The van der Waals surface area contributed by atoms with Gasteiger partial charge in [0.25, 0.3) is 15.9 Å². The summed E-state index contributed by atoms with van der Waals surface area (Å²) in [4.78, 5) is 38.7. The van der Waals surface area contributed by atoms with Crippen molar-refractivity contribution >= 4 is 61.7 Å². The lowest BCUT2D eigenvalue weighted by Crippen LogP contribution is -2.35. The molecule has 0 atom stereocenters. The number of hydrogen-bond acceptors (Lipinski definition) is 8. The van der Waals surface area contributed by atoms with Gasteiger partial charge in [-0.3, -0.25) is 13.9 Å². The Kier molecular flexibility index (Phi) is 13.9. The fraction of sp³-hybridized carbons (Fsp3) is 0.281. The smallest absolute Gasteiger partial charge is 0.490 e. The normalized spacial score (nSPS) is 11.7. The van der Waals surface area contributed by atoms with Crippen molar-refractivity contribution in [3.8, 4) is 5.88 Å². The molecule has 0 saturated carbocycles. The lowest BCUT2D eigenvalue weighted by atomic mass is 10.1. The van der Waals surface area contributed by atoms with Gasteiger partial charge in [0.05, 0.1) is 16.1 Å². The summed E-state index contributed by atoms with van der Waals surface area (Å²) in [5, 5.41) is 28.8. The molecule has 0 saturated heterocycles. The van der Waals surface area contributed by atoms with Crippen LogP contribution in [0.15, 0.2) is 87.9 Å². The highest BCUT2D eigenvalue weighted by molar-refractivity contribution is 7.92. The number of amides is 2. The van der Waals surface area contributed by atoms with Crippen molar-refractivity contribution in [3.63, 3.8) is 0 Å². The van der Waals surface area contributed by atoms with E-state index in [1.54, 1.807) is 36.4 Å². The molecule has 4 aromatic rings. The van der Waals surface area contributed by atoms with E-state index in [1.165, 1.54) is 36.4 Å². The van der Waals surface area contributed by atoms with Gasteiger partial charge in [-0.25, -0.2) is 13.2 Å². The van der Waals surface area contributed by atoms with Crippen LogP contribution in [0.2, 0.25) is 5.02 Å². The van der Waals surface area contributed by atoms with Crippen LogP contribution in [0.5, 0.6) is 5.88 Å². The number of fused-ring (bicyclic) bond motifs is 1. The number of aromatic amines is 1. The summed E-state index contributed by atoms with van der Waals surface area (Å²) in [6.07, 6.45) is -3.51. The van der Waals surface area contributed by atoms with E-state index in [4.69, 9.17) is 21.5 Å². The average Bonchev–Trinajstić information content (AvgIpc) is 3.38. The molecule has 1 aromatic heterocycles. The zero-order valence-corrected chi connectivity index (χ0v) is 28.4. The van der Waals surface area contributed by atoms with Crippen molar-refractivity contribution in [3.05, 3.63) is 83.4 Å². The highest BCUT2D eigenvalue weighted by Crippen LogP contribution is 2.35. The third-order valence-corrected chi connectivity index (χ3v) is 8.85. The number of carbonyl (C=O) groups is 3. The standard InChI is InChI=1S/C30H33ClN6O5S.C2HF3O2/c1-36(2)19-5-18-32-27(38)17-10-21-8-15-24(16-9-21)43(41,42)37(23-13-11-22(31)12-14-23)20-28(39)34-35-29-25-6-3-4-7-26(25)33-30(29)40;3-2(4,5)1(6)7/h3-4,6-9,11-16,33,40H,5,10,17-20H2,1-2H3,(H,32,38);(H,6,7). The Balaban J connectivity index is 0.000000872. The van der Waals surface area contributed by atoms with Gasteiger partial charge in [0.15, 0.2) is 5.69 Å². The minimum atomic E-state index is -5.08. The van der Waals surface area contributed by atoms with Crippen LogP contribution >= 0.6 is 11.6 Å². The molecular weight excluding hydrogens is 705 g/mol. The Labute approximate surface area is 290 Å². The van der Waals surface area contributed by atoms with Gasteiger partial charge < -0.3 is 25.4 Å². The van der Waals surface area contributed by atoms with Crippen LogP contribution in [-0.4, -0.2) is 86.2 Å². The number of sulfonamides is 1. The molecule has 0 aliphatic heterocycles. The summed E-state index contributed by atoms with van der Waals surface area (Å²) < 4.78 is 60.1. The van der Waals surface area contributed by atoms with Gasteiger partial charge in [0, 0.05) is 23.4 Å². The molecule has 0 spiro atoms. The zero-order chi connectivity index (χ0) is 37.1. The first-order valence-corrected chi connectivity index (χ1v) is 16.6. The first-order valence-electron chi connectivity index (χ1n) is 14.8. The van der Waals surface area contributed by atoms with Crippen molar-refractivity contribution in [2.24, 2.45) is 10.2 Å². The molecule has 0 bridgehead atoms. The van der Waals surface area contributed by atoms with Gasteiger partial charge in [0.1, 0.15) is 6.54 Å². The number of H-pyrrole nitrogens is 1. The van der Waals surface area contributed by atoms with Gasteiger partial charge in [-0.05, 0) is 81.5 Å². The predicted molar refractivity (Wildman–Crippen MR) is 180 cm³/mol. The number of aliphatic carboxylic acids is 1. The molecule has 13 nitrogen and oxygen atoms in total. The third-order valence-electron chi connectivity index (χ3n) is 6.81. The van der Waals surface area contributed by atoms with Crippen LogP contribution in [0, 0.1) is 0 Å². The van der Waals surface area contributed by atoms with E-state index in [-0.39, 0.29) is 34.5 Å². The number of alkyl halides is 3. The number of carboxylic acids is 1. The average molecular weight is 739 g/mol. The van der Waals surface area contributed by atoms with E-state index in [2.05, 4.69) is 20.5 Å². The van der Waals surface area contributed by atoms with Crippen molar-refractivity contribution < 1.29 is 46.2 Å². The molecule has 1 heterocycles. The highest BCUT2D eigenvalue weighted by Gasteiger charge is 2.38. The van der Waals surface area contributed by atoms with Gasteiger partial charge in [-0.15, -0.1) is 10.2 Å². The summed E-state index contributed by atoms with van der Waals surface area (Å²) in [5.41, 5.74) is 1.68. The Morgan fingerprint density at radius 1 is 0.980 bits per heavy atom. The number of nitrogens with zero attached hydrogens (tertiary/aromatic N) is 4. The minimum Gasteiger partial charge on any atom is -0.493 e. The minimum absolute atomic E-state index is 0.0432. The number of halogens is 4. The molecule has 268 valence electrons. The second kappa shape index (κ2) is 17.6. The summed E-state index contributed by atoms with van der Waals surface area (Å²) >= 11 is 6.01. The van der Waals surface area contributed by atoms with Crippen LogP contribution in [0.3, 0.4) is 0 Å². The van der Waals surface area contributed by atoms with Gasteiger partial charge in [-0.1, -0.05) is 41.9 Å². The van der Waals surface area contributed by atoms with E-state index in [0.717, 1.165) is 22.8 Å². The molecule has 18 heteroatoms. The fourth-order valence-electron chi connectivity index (χ4n) is 4.32. The molecule has 50 heavy (non-hydrogen) atoms. The summed E-state index contributed by atoms with van der Waals surface area (Å²) in [6.45, 7) is 0.827. The largest absolute Gasteiger partial charge is 0.493 e. The van der Waals surface area contributed by atoms with Crippen LogP contribution in [0.1, 0.15) is 18.4 Å². The lowest BCUT2D eigenvalue weighted by molar-refractivity contribution is -0.192. The molecule has 0 aliphatic rings. The molecule has 0 radical (unpaired) electrons. The Bertz CT molecular complexity index is 1920. The van der Waals surface area contributed by atoms with E-state index in [9.17, 15) is 36.3 Å². The summed E-state index contributed by atoms with van der Waals surface area (Å²) in [7, 11) is -0.269. The Morgan fingerprint density at radius 3 is 2.20 bits per heavy atom. The number of rotatable bonds is 13. The molecule has 0 unspecified atom stereocenters. The Hall–Kier alpha value is -5.00. The summed E-state index contributed by atoms with van der Waals surface area (Å²) in [6, 6.07) is 19.2. The highest BCUT2D eigenvalue weighted by atomic mass is 35.5. The molecule has 0 fully saturated rings. The summed E-state index contributed by atoms with van der Waals surface area (Å²) in [5.74, 6) is -3.94. The van der Waals surface area contributed by atoms with Crippen LogP contribution in [0.4, 0.5) is 24.5 Å². The fourth-order valence-corrected chi connectivity index (χ4v) is 5.86. The SMILES string of the molecule is CN(C)CCCNC(=O)CCc1ccc(S(=O)(=O)N(CC(=O)N=Nc2c(O)[nH]c3ccccc23)c2ccc(Cl)cc2)cc1.O=C(O)C(F)(F)F. The van der Waals surface area contributed by atoms with Gasteiger partial charge in [-0.2, -0.15) is 13.2 Å². The molecule has 4 N–H and O–H groups in total. The van der Waals surface area contributed by atoms with E-state index in [0.29, 0.717) is 28.9 Å². The number of azo groups is 1. The number of anilines is 1. The number of para-hydroxylation sites is 1. The van der Waals surface area contributed by atoms with Crippen molar-refractivity contribution in [1.82, 2.24) is 15.2 Å². The molecule has 3 aromatic carbocycles. The molecule has 0 aliphatic carbocycles. The monoisotopic (exact) mass is 738 g/mol. The zero-order valence-electron chi connectivity index (χ0n) is 26.8. The first-order chi connectivity index (χ1) is 23.5. The van der Waals surface area contributed by atoms with E-state index in [1.807, 2.05) is 19.0 Å². The van der Waals surface area contributed by atoms with Crippen LogP contribution < -0.4 is 9.62 Å². The van der Waals surface area contributed by atoms with Crippen molar-refractivity contribution in [2.75, 3.05) is 38.0 Å². The second-order valence-corrected chi connectivity index (χ2v) is 13.2. The number of aryl methyl sites for hydroxylation is 1. The molecule has 4 rings (SSSR count). The number of aromatic nitrogens is 1. The van der Waals surface area contributed by atoms with Gasteiger partial charge in [0.2, 0.25) is 11.8 Å². The first kappa shape index (κ1) is 39.4. The molecular formula is C32H34ClF3N6O7S. The van der Waals surface area contributed by atoms with E-state index < -0.39 is 34.6 Å². The second-order valence-electron chi connectivity index (χ2n) is 10.9. The predicted octanol–water partition coefficient (Wildman–Crippen LogP) is 5.67. The number of carbonyl (C=O) groups excluding carboxylic acids is 2. The Morgan fingerprint density at radius 2 is 1.60 bits per heavy atom. The van der Waals surface area contributed by atoms with Crippen molar-refractivity contribution in [2.45, 2.75) is 30.3 Å². The number of aromatic hydroxyl groups is 1. The van der Waals surface area contributed by atoms with E-state index >= 15 is 0 Å². The number of carboxylic acid groups (broad SMARTS) is 1. The maximum Gasteiger partial charge on any atom is 0.490 e. The number of hydrogen-bond donors (Lipinski definition) is 4. The van der Waals surface area contributed by atoms with Crippen LogP contribution in [-0.2, 0) is 30.8 Å². The number of nitrogens with one attached hydrogen (secondary N) is 2. The van der Waals surface area contributed by atoms with Crippen molar-refractivity contribution in [1.29, 1.82) is 0 Å².